The average Bonchev–Trinajstić information content (AvgIpc) is 2.51. The van der Waals surface area contributed by atoms with E-state index in [0.717, 1.165) is 5.56 Å². The van der Waals surface area contributed by atoms with Crippen LogP contribution in [0.3, 0.4) is 0 Å². The van der Waals surface area contributed by atoms with Gasteiger partial charge in [-0.15, -0.1) is 0 Å². The Morgan fingerprint density at radius 2 is 1.91 bits per heavy atom. The van der Waals surface area contributed by atoms with E-state index in [-0.39, 0.29) is 10.7 Å². The van der Waals surface area contributed by atoms with Crippen LogP contribution in [0.2, 0.25) is 5.02 Å². The summed E-state index contributed by atoms with van der Waals surface area (Å²) < 4.78 is 0. The van der Waals surface area contributed by atoms with Crippen molar-refractivity contribution in [3.8, 4) is 0 Å². The number of nitro benzene ring substituents is 1. The smallest absolute Gasteiger partial charge is 0.319 e. The maximum absolute atomic E-state index is 11.8. The Balaban J connectivity index is 1.86. The zero-order valence-corrected chi connectivity index (χ0v) is 13.3. The van der Waals surface area contributed by atoms with Crippen LogP contribution in [0, 0.1) is 17.0 Å². The third-order valence-corrected chi connectivity index (χ3v) is 3.54. The van der Waals surface area contributed by atoms with Gasteiger partial charge in [0, 0.05) is 18.3 Å². The molecule has 0 aliphatic carbocycles. The molecule has 0 radical (unpaired) electrons. The normalized spacial score (nSPS) is 10.2. The summed E-state index contributed by atoms with van der Waals surface area (Å²) in [6, 6.07) is 11.7. The molecular formula is C16H16ClN3O3. The first-order valence-corrected chi connectivity index (χ1v) is 7.38. The van der Waals surface area contributed by atoms with Crippen molar-refractivity contribution in [3.05, 3.63) is 68.7 Å². The number of halogens is 1. The maximum Gasteiger partial charge on any atom is 0.319 e. The Labute approximate surface area is 138 Å². The monoisotopic (exact) mass is 333 g/mol. The molecule has 0 atom stereocenters. The van der Waals surface area contributed by atoms with E-state index in [4.69, 9.17) is 11.6 Å². The number of nitrogens with one attached hydrogen (secondary N) is 2. The van der Waals surface area contributed by atoms with E-state index >= 15 is 0 Å². The highest BCUT2D eigenvalue weighted by atomic mass is 35.5. The van der Waals surface area contributed by atoms with Crippen LogP contribution in [0.4, 0.5) is 16.2 Å². The second-order valence-electron chi connectivity index (χ2n) is 5.04. The number of urea groups is 1. The number of amides is 2. The minimum Gasteiger partial charge on any atom is -0.338 e. The van der Waals surface area contributed by atoms with E-state index in [2.05, 4.69) is 10.6 Å². The van der Waals surface area contributed by atoms with Gasteiger partial charge in [0.1, 0.15) is 5.02 Å². The van der Waals surface area contributed by atoms with Crippen molar-refractivity contribution in [1.29, 1.82) is 0 Å². The molecule has 0 aliphatic heterocycles. The zero-order chi connectivity index (χ0) is 16.8. The molecule has 0 saturated heterocycles. The predicted molar refractivity (Wildman–Crippen MR) is 90.0 cm³/mol. The molecule has 0 bridgehead atoms. The molecule has 0 aliphatic rings. The lowest BCUT2D eigenvalue weighted by Gasteiger charge is -2.08. The fraction of sp³-hybridized carbons (Fsp3) is 0.188. The van der Waals surface area contributed by atoms with Gasteiger partial charge in [-0.25, -0.2) is 4.79 Å². The van der Waals surface area contributed by atoms with Crippen LogP contribution >= 0.6 is 11.6 Å². The van der Waals surface area contributed by atoms with Crippen LogP contribution in [0.25, 0.3) is 0 Å². The van der Waals surface area contributed by atoms with Gasteiger partial charge in [-0.05, 0) is 31.0 Å². The molecule has 120 valence electrons. The van der Waals surface area contributed by atoms with Crippen LogP contribution in [-0.4, -0.2) is 17.5 Å². The van der Waals surface area contributed by atoms with Crippen molar-refractivity contribution in [2.45, 2.75) is 13.3 Å². The number of carbonyl (C=O) groups excluding carboxylic acids is 1. The number of hydrogen-bond donors (Lipinski definition) is 2. The molecule has 2 rings (SSSR count). The second kappa shape index (κ2) is 7.60. The van der Waals surface area contributed by atoms with Gasteiger partial charge < -0.3 is 10.6 Å². The molecule has 0 fully saturated rings. The van der Waals surface area contributed by atoms with Crippen molar-refractivity contribution in [2.75, 3.05) is 11.9 Å². The van der Waals surface area contributed by atoms with Crippen molar-refractivity contribution in [1.82, 2.24) is 5.32 Å². The highest BCUT2D eigenvalue weighted by molar-refractivity contribution is 6.32. The number of aryl methyl sites for hydroxylation is 1. The van der Waals surface area contributed by atoms with E-state index in [0.29, 0.717) is 18.7 Å². The quantitative estimate of drug-likeness (QED) is 0.642. The topological polar surface area (TPSA) is 84.3 Å². The van der Waals surface area contributed by atoms with E-state index < -0.39 is 11.0 Å². The van der Waals surface area contributed by atoms with Crippen LogP contribution in [0.5, 0.6) is 0 Å². The predicted octanol–water partition coefficient (Wildman–Crippen LogP) is 3.92. The number of nitro groups is 1. The molecule has 0 unspecified atom stereocenters. The van der Waals surface area contributed by atoms with Gasteiger partial charge in [-0.3, -0.25) is 10.1 Å². The molecule has 2 N–H and O–H groups in total. The van der Waals surface area contributed by atoms with Crippen molar-refractivity contribution >= 4 is 29.0 Å². The highest BCUT2D eigenvalue weighted by Crippen LogP contribution is 2.27. The summed E-state index contributed by atoms with van der Waals surface area (Å²) in [5.74, 6) is 0. The third-order valence-electron chi connectivity index (χ3n) is 3.22. The Kier molecular flexibility index (Phi) is 5.54. The lowest BCUT2D eigenvalue weighted by atomic mass is 10.1. The maximum atomic E-state index is 11.8. The number of rotatable bonds is 5. The van der Waals surface area contributed by atoms with Crippen LogP contribution in [0.1, 0.15) is 11.1 Å². The minimum absolute atomic E-state index is 0.0281. The van der Waals surface area contributed by atoms with Gasteiger partial charge in [0.15, 0.2) is 0 Å². The Morgan fingerprint density at radius 1 is 1.22 bits per heavy atom. The van der Waals surface area contributed by atoms with Gasteiger partial charge in [-0.1, -0.05) is 41.4 Å². The summed E-state index contributed by atoms with van der Waals surface area (Å²) in [7, 11) is 0. The molecule has 0 saturated carbocycles. The first-order chi connectivity index (χ1) is 11.0. The summed E-state index contributed by atoms with van der Waals surface area (Å²) in [5.41, 5.74) is 2.37. The molecule has 0 spiro atoms. The SMILES string of the molecule is Cc1ccc(CCNC(=O)Nc2ccc(Cl)c([N+](=O)[O-])c2)cc1. The Bertz CT molecular complexity index is 717. The minimum atomic E-state index is -0.594. The molecular weight excluding hydrogens is 318 g/mol. The van der Waals surface area contributed by atoms with Crippen LogP contribution < -0.4 is 10.6 Å². The van der Waals surface area contributed by atoms with E-state index in [1.165, 1.54) is 23.8 Å². The molecule has 0 aromatic heterocycles. The van der Waals surface area contributed by atoms with Gasteiger partial charge in [0.05, 0.1) is 4.92 Å². The summed E-state index contributed by atoms with van der Waals surface area (Å²) >= 11 is 5.72. The summed E-state index contributed by atoms with van der Waals surface area (Å²) in [6.45, 7) is 2.48. The number of anilines is 1. The van der Waals surface area contributed by atoms with E-state index in [9.17, 15) is 14.9 Å². The molecule has 2 aromatic rings. The first-order valence-electron chi connectivity index (χ1n) is 7.00. The fourth-order valence-electron chi connectivity index (χ4n) is 1.98. The molecule has 2 aromatic carbocycles. The van der Waals surface area contributed by atoms with Crippen LogP contribution in [0.15, 0.2) is 42.5 Å². The standard InChI is InChI=1S/C16H16ClN3O3/c1-11-2-4-12(5-3-11)8-9-18-16(21)19-13-6-7-14(17)15(10-13)20(22)23/h2-7,10H,8-9H2,1H3,(H2,18,19,21). The fourth-order valence-corrected chi connectivity index (χ4v) is 2.17. The summed E-state index contributed by atoms with van der Waals surface area (Å²) in [4.78, 5) is 22.0. The van der Waals surface area contributed by atoms with Crippen LogP contribution in [-0.2, 0) is 6.42 Å². The third kappa shape index (κ3) is 4.96. The number of carbonyl (C=O) groups is 1. The number of benzene rings is 2. The highest BCUT2D eigenvalue weighted by Gasteiger charge is 2.13. The zero-order valence-electron chi connectivity index (χ0n) is 12.5. The lowest BCUT2D eigenvalue weighted by molar-refractivity contribution is -0.384. The van der Waals surface area contributed by atoms with Gasteiger partial charge in [0.25, 0.3) is 5.69 Å². The molecule has 2 amide bonds. The number of nitrogens with zero attached hydrogens (tertiary/aromatic N) is 1. The summed E-state index contributed by atoms with van der Waals surface area (Å²) in [5, 5.41) is 16.1. The molecule has 7 heteroatoms. The van der Waals surface area contributed by atoms with E-state index in [1.54, 1.807) is 0 Å². The Hall–Kier alpha value is -2.60. The first kappa shape index (κ1) is 16.8. The molecule has 6 nitrogen and oxygen atoms in total. The van der Waals surface area contributed by atoms with Crippen molar-refractivity contribution in [2.24, 2.45) is 0 Å². The second-order valence-corrected chi connectivity index (χ2v) is 5.45. The largest absolute Gasteiger partial charge is 0.338 e. The van der Waals surface area contributed by atoms with Crippen molar-refractivity contribution in [3.63, 3.8) is 0 Å². The Morgan fingerprint density at radius 3 is 2.57 bits per heavy atom. The lowest BCUT2D eigenvalue weighted by Crippen LogP contribution is -2.30. The average molecular weight is 334 g/mol. The van der Waals surface area contributed by atoms with Gasteiger partial charge in [-0.2, -0.15) is 0 Å². The van der Waals surface area contributed by atoms with E-state index in [1.807, 2.05) is 31.2 Å². The summed E-state index contributed by atoms with van der Waals surface area (Å²) in [6.07, 6.45) is 0.703. The van der Waals surface area contributed by atoms with Crippen molar-refractivity contribution < 1.29 is 9.72 Å². The molecule has 23 heavy (non-hydrogen) atoms. The molecule has 0 heterocycles. The van der Waals surface area contributed by atoms with Gasteiger partial charge >= 0.3 is 6.03 Å². The van der Waals surface area contributed by atoms with Gasteiger partial charge in [0.2, 0.25) is 0 Å². The number of hydrogen-bond acceptors (Lipinski definition) is 3.